The van der Waals surface area contributed by atoms with E-state index in [2.05, 4.69) is 9.71 Å². The van der Waals surface area contributed by atoms with Gasteiger partial charge in [0.1, 0.15) is 5.82 Å². The fourth-order valence-corrected chi connectivity index (χ4v) is 2.36. The summed E-state index contributed by atoms with van der Waals surface area (Å²) in [4.78, 5) is 4.05. The molecule has 1 saturated heterocycles. The molecule has 2 heterocycles. The number of hydrogen-bond acceptors (Lipinski definition) is 5. The Morgan fingerprint density at radius 3 is 2.25 bits per heavy atom. The molecular formula is C12H19BN2O4S. The zero-order valence-electron chi connectivity index (χ0n) is 12.3. The summed E-state index contributed by atoms with van der Waals surface area (Å²) < 4.78 is 37.0. The molecule has 20 heavy (non-hydrogen) atoms. The van der Waals surface area contributed by atoms with E-state index in [1.165, 1.54) is 6.20 Å². The zero-order valence-corrected chi connectivity index (χ0v) is 13.1. The maximum atomic E-state index is 11.4. The van der Waals surface area contributed by atoms with Crippen LogP contribution in [0.1, 0.15) is 27.7 Å². The van der Waals surface area contributed by atoms with E-state index >= 15 is 0 Å². The van der Waals surface area contributed by atoms with Crippen molar-refractivity contribution >= 4 is 28.4 Å². The summed E-state index contributed by atoms with van der Waals surface area (Å²) in [5, 5.41) is 0. The molecule has 0 aliphatic carbocycles. The second-order valence-electron chi connectivity index (χ2n) is 5.90. The van der Waals surface area contributed by atoms with Crippen LogP contribution in [0.3, 0.4) is 0 Å². The number of anilines is 1. The summed E-state index contributed by atoms with van der Waals surface area (Å²) in [6.45, 7) is 7.75. The van der Waals surface area contributed by atoms with Crippen molar-refractivity contribution in [3.8, 4) is 0 Å². The number of aromatic nitrogens is 1. The number of pyridine rings is 1. The minimum Gasteiger partial charge on any atom is -0.399 e. The Morgan fingerprint density at radius 1 is 1.20 bits per heavy atom. The molecule has 0 amide bonds. The van der Waals surface area contributed by atoms with Crippen LogP contribution in [0.25, 0.3) is 0 Å². The van der Waals surface area contributed by atoms with E-state index in [-0.39, 0.29) is 5.82 Å². The van der Waals surface area contributed by atoms with Crippen LogP contribution in [0.2, 0.25) is 0 Å². The van der Waals surface area contributed by atoms with Crippen molar-refractivity contribution in [2.24, 2.45) is 0 Å². The molecule has 0 bridgehead atoms. The first-order valence-electron chi connectivity index (χ1n) is 6.30. The second-order valence-corrected chi connectivity index (χ2v) is 7.65. The van der Waals surface area contributed by atoms with Gasteiger partial charge in [-0.2, -0.15) is 0 Å². The molecule has 1 aromatic heterocycles. The lowest BCUT2D eigenvalue weighted by Gasteiger charge is -2.32. The molecule has 110 valence electrons. The molecule has 1 aliphatic rings. The molecule has 0 aromatic carbocycles. The molecular weight excluding hydrogens is 279 g/mol. The number of nitrogens with zero attached hydrogens (tertiary/aromatic N) is 1. The van der Waals surface area contributed by atoms with Crippen molar-refractivity contribution in [3.05, 3.63) is 18.3 Å². The van der Waals surface area contributed by atoms with Crippen molar-refractivity contribution < 1.29 is 17.7 Å². The minimum absolute atomic E-state index is 0.230. The Labute approximate surface area is 120 Å². The first-order valence-corrected chi connectivity index (χ1v) is 8.19. The van der Waals surface area contributed by atoms with Crippen molar-refractivity contribution in [3.63, 3.8) is 0 Å². The van der Waals surface area contributed by atoms with Gasteiger partial charge < -0.3 is 9.31 Å². The van der Waals surface area contributed by atoms with Crippen LogP contribution in [0, 0.1) is 0 Å². The Balaban J connectivity index is 2.36. The summed E-state index contributed by atoms with van der Waals surface area (Å²) >= 11 is 0. The molecule has 1 aromatic rings. The number of rotatable bonds is 3. The smallest absolute Gasteiger partial charge is 0.399 e. The predicted molar refractivity (Wildman–Crippen MR) is 78.4 cm³/mol. The van der Waals surface area contributed by atoms with E-state index in [1.807, 2.05) is 27.7 Å². The highest BCUT2D eigenvalue weighted by Crippen LogP contribution is 2.36. The quantitative estimate of drug-likeness (QED) is 0.833. The lowest BCUT2D eigenvalue weighted by molar-refractivity contribution is 0.00578. The SMILES string of the molecule is CC1(C)OB(c2cccnc2NS(C)(=O)=O)OC1(C)C. The van der Waals surface area contributed by atoms with E-state index in [9.17, 15) is 8.42 Å². The lowest BCUT2D eigenvalue weighted by atomic mass is 9.79. The van der Waals surface area contributed by atoms with Crippen LogP contribution >= 0.6 is 0 Å². The highest BCUT2D eigenvalue weighted by Gasteiger charge is 2.52. The molecule has 8 heteroatoms. The van der Waals surface area contributed by atoms with Crippen molar-refractivity contribution in [1.82, 2.24) is 4.98 Å². The molecule has 1 N–H and O–H groups in total. The van der Waals surface area contributed by atoms with Gasteiger partial charge in [0.05, 0.1) is 17.5 Å². The van der Waals surface area contributed by atoms with Crippen LogP contribution in [0.5, 0.6) is 0 Å². The van der Waals surface area contributed by atoms with Gasteiger partial charge in [0.15, 0.2) is 0 Å². The molecule has 2 rings (SSSR count). The Bertz CT molecular complexity index is 600. The van der Waals surface area contributed by atoms with Gasteiger partial charge in [-0.25, -0.2) is 13.4 Å². The van der Waals surface area contributed by atoms with Gasteiger partial charge in [-0.15, -0.1) is 0 Å². The van der Waals surface area contributed by atoms with Crippen LogP contribution < -0.4 is 10.2 Å². The Morgan fingerprint density at radius 2 is 1.75 bits per heavy atom. The average Bonchev–Trinajstić information content (AvgIpc) is 2.46. The molecule has 0 spiro atoms. The molecule has 0 unspecified atom stereocenters. The summed E-state index contributed by atoms with van der Waals surface area (Å²) in [6, 6.07) is 3.45. The minimum atomic E-state index is -3.41. The van der Waals surface area contributed by atoms with Gasteiger partial charge >= 0.3 is 7.12 Å². The van der Waals surface area contributed by atoms with Gasteiger partial charge in [0, 0.05) is 11.7 Å². The maximum absolute atomic E-state index is 11.4. The largest absolute Gasteiger partial charge is 0.498 e. The van der Waals surface area contributed by atoms with Gasteiger partial charge in [0.2, 0.25) is 10.0 Å². The molecule has 6 nitrogen and oxygen atoms in total. The van der Waals surface area contributed by atoms with Crippen LogP contribution in [-0.4, -0.2) is 38.0 Å². The van der Waals surface area contributed by atoms with Crippen molar-refractivity contribution in [2.75, 3.05) is 11.0 Å². The standard InChI is InChI=1S/C12H19BN2O4S/c1-11(2)12(3,4)19-13(18-11)9-7-6-8-14-10(9)15-20(5,16)17/h6-8H,1-5H3,(H,14,15). The monoisotopic (exact) mass is 298 g/mol. The van der Waals surface area contributed by atoms with Crippen LogP contribution in [-0.2, 0) is 19.3 Å². The first-order chi connectivity index (χ1) is 9.02. The molecule has 0 atom stereocenters. The normalized spacial score (nSPS) is 20.9. The maximum Gasteiger partial charge on any atom is 0.498 e. The van der Waals surface area contributed by atoms with Gasteiger partial charge in [-0.3, -0.25) is 4.72 Å². The summed E-state index contributed by atoms with van der Waals surface area (Å²) in [5.41, 5.74) is -0.414. The van der Waals surface area contributed by atoms with Gasteiger partial charge in [-0.1, -0.05) is 6.07 Å². The fourth-order valence-electron chi connectivity index (χ4n) is 1.84. The number of hydrogen-bond donors (Lipinski definition) is 1. The first kappa shape index (κ1) is 15.3. The van der Waals surface area contributed by atoms with Crippen LogP contribution in [0.4, 0.5) is 5.82 Å². The van der Waals surface area contributed by atoms with E-state index in [0.717, 1.165) is 6.26 Å². The molecule has 1 aliphatic heterocycles. The predicted octanol–water partition coefficient (Wildman–Crippen LogP) is 0.752. The average molecular weight is 298 g/mol. The second kappa shape index (κ2) is 4.72. The van der Waals surface area contributed by atoms with Gasteiger partial charge in [-0.05, 0) is 33.8 Å². The summed E-state index contributed by atoms with van der Waals surface area (Å²) in [6.07, 6.45) is 2.60. The van der Waals surface area contributed by atoms with Gasteiger partial charge in [0.25, 0.3) is 0 Å². The summed E-state index contributed by atoms with van der Waals surface area (Å²) in [7, 11) is -4.07. The topological polar surface area (TPSA) is 77.5 Å². The van der Waals surface area contributed by atoms with Crippen molar-refractivity contribution in [2.45, 2.75) is 38.9 Å². The van der Waals surface area contributed by atoms with E-state index in [0.29, 0.717) is 5.46 Å². The number of sulfonamides is 1. The highest BCUT2D eigenvalue weighted by atomic mass is 32.2. The zero-order chi connectivity index (χ0) is 15.2. The highest BCUT2D eigenvalue weighted by molar-refractivity contribution is 7.92. The number of nitrogens with one attached hydrogen (secondary N) is 1. The fraction of sp³-hybridized carbons (Fsp3) is 0.583. The third-order valence-electron chi connectivity index (χ3n) is 3.63. The van der Waals surface area contributed by atoms with E-state index < -0.39 is 28.3 Å². The summed E-state index contributed by atoms with van der Waals surface area (Å²) in [5.74, 6) is 0.230. The molecule has 0 radical (unpaired) electrons. The van der Waals surface area contributed by atoms with Crippen LogP contribution in [0.15, 0.2) is 18.3 Å². The Kier molecular flexibility index (Phi) is 3.60. The third-order valence-corrected chi connectivity index (χ3v) is 4.19. The van der Waals surface area contributed by atoms with E-state index in [1.54, 1.807) is 12.1 Å². The molecule has 1 fully saturated rings. The third kappa shape index (κ3) is 2.97. The Hall–Kier alpha value is -1.12. The van der Waals surface area contributed by atoms with Crippen molar-refractivity contribution in [1.29, 1.82) is 0 Å². The lowest BCUT2D eigenvalue weighted by Crippen LogP contribution is -2.41. The van der Waals surface area contributed by atoms with E-state index in [4.69, 9.17) is 9.31 Å². The molecule has 0 saturated carbocycles.